The molecule has 8 heteroatoms. The van der Waals surface area contributed by atoms with E-state index >= 15 is 0 Å². The number of ether oxygens (including phenoxy) is 2. The fourth-order valence-electron chi connectivity index (χ4n) is 3.16. The number of esters is 1. The van der Waals surface area contributed by atoms with Crippen molar-refractivity contribution in [2.24, 2.45) is 0 Å². The maximum Gasteiger partial charge on any atom is 0.408 e. The monoisotopic (exact) mass is 424 g/mol. The third kappa shape index (κ3) is 5.85. The van der Waals surface area contributed by atoms with Gasteiger partial charge in [0.15, 0.2) is 5.38 Å². The van der Waals surface area contributed by atoms with Gasteiger partial charge in [-0.05, 0) is 39.2 Å². The lowest BCUT2D eigenvalue weighted by atomic mass is 10.0. The van der Waals surface area contributed by atoms with E-state index in [0.29, 0.717) is 12.8 Å². The third-order valence-electron chi connectivity index (χ3n) is 4.91. The van der Waals surface area contributed by atoms with Crippen LogP contribution in [0.4, 0.5) is 4.79 Å². The van der Waals surface area contributed by atoms with Crippen molar-refractivity contribution in [3.05, 3.63) is 35.9 Å². The fourth-order valence-corrected chi connectivity index (χ4v) is 3.62. The Kier molecular flexibility index (Phi) is 7.16. The van der Waals surface area contributed by atoms with Crippen molar-refractivity contribution >= 4 is 29.6 Å². The number of alkyl carbamates (subject to hydrolysis) is 1. The lowest BCUT2D eigenvalue weighted by Crippen LogP contribution is -2.56. The van der Waals surface area contributed by atoms with Crippen molar-refractivity contribution in [3.8, 4) is 0 Å². The lowest BCUT2D eigenvalue weighted by Gasteiger charge is -2.34. The summed E-state index contributed by atoms with van der Waals surface area (Å²) in [6.07, 6.45) is 0.775. The van der Waals surface area contributed by atoms with Crippen LogP contribution >= 0.6 is 11.6 Å². The first kappa shape index (κ1) is 23.0. The van der Waals surface area contributed by atoms with Gasteiger partial charge in [-0.15, -0.1) is 11.6 Å². The number of halogens is 1. The van der Waals surface area contributed by atoms with Crippen molar-refractivity contribution < 1.29 is 23.9 Å². The molecule has 160 valence electrons. The molecule has 2 rings (SSSR count). The second kappa shape index (κ2) is 9.03. The van der Waals surface area contributed by atoms with Gasteiger partial charge in [0, 0.05) is 13.5 Å². The normalized spacial score (nSPS) is 16.9. The van der Waals surface area contributed by atoms with E-state index in [0.717, 1.165) is 5.56 Å². The molecule has 1 unspecified atom stereocenters. The maximum absolute atomic E-state index is 13.3. The number of hydrogen-bond donors (Lipinski definition) is 1. The van der Waals surface area contributed by atoms with Gasteiger partial charge < -0.3 is 19.7 Å². The molecule has 1 aromatic rings. The summed E-state index contributed by atoms with van der Waals surface area (Å²) in [6.45, 7) is 5.25. The molecule has 1 fully saturated rings. The zero-order valence-corrected chi connectivity index (χ0v) is 18.3. The fraction of sp³-hybridized carbons (Fsp3) is 0.571. The molecule has 2 amide bonds. The SMILES string of the molecule is COC(=O)C(Cl)C1(N(C)C(=O)[C@H](Cc2ccccc2)NC(=O)OC(C)(C)C)CC1. The van der Waals surface area contributed by atoms with E-state index in [1.54, 1.807) is 27.8 Å². The molecule has 1 saturated carbocycles. The Hall–Kier alpha value is -2.28. The predicted molar refractivity (Wildman–Crippen MR) is 110 cm³/mol. The van der Waals surface area contributed by atoms with Crippen LogP contribution in [0.3, 0.4) is 0 Å². The van der Waals surface area contributed by atoms with Crippen molar-refractivity contribution in [1.82, 2.24) is 10.2 Å². The van der Waals surface area contributed by atoms with Crippen LogP contribution < -0.4 is 5.32 Å². The van der Waals surface area contributed by atoms with Crippen molar-refractivity contribution in [2.45, 2.75) is 62.6 Å². The molecule has 1 aliphatic rings. The van der Waals surface area contributed by atoms with Gasteiger partial charge in [-0.1, -0.05) is 30.3 Å². The number of nitrogens with zero attached hydrogens (tertiary/aromatic N) is 1. The van der Waals surface area contributed by atoms with Gasteiger partial charge in [0.2, 0.25) is 5.91 Å². The molecule has 0 radical (unpaired) electrons. The van der Waals surface area contributed by atoms with Crippen LogP contribution in [0.15, 0.2) is 30.3 Å². The maximum atomic E-state index is 13.3. The highest BCUT2D eigenvalue weighted by Crippen LogP contribution is 2.47. The number of likely N-dealkylation sites (N-methyl/N-ethyl adjacent to an activating group) is 1. The molecule has 1 N–H and O–H groups in total. The van der Waals surface area contributed by atoms with Crippen LogP contribution in [0.1, 0.15) is 39.2 Å². The Labute approximate surface area is 176 Å². The molecule has 0 aliphatic heterocycles. The summed E-state index contributed by atoms with van der Waals surface area (Å²) in [5.41, 5.74) is -0.619. The van der Waals surface area contributed by atoms with E-state index in [1.807, 2.05) is 30.3 Å². The Balaban J connectivity index is 2.21. The van der Waals surface area contributed by atoms with Crippen LogP contribution in [-0.4, -0.2) is 59.6 Å². The Bertz CT molecular complexity index is 743. The molecule has 2 atom stereocenters. The number of nitrogens with one attached hydrogen (secondary N) is 1. The van der Waals surface area contributed by atoms with Crippen LogP contribution in [0.25, 0.3) is 0 Å². The van der Waals surface area contributed by atoms with Gasteiger partial charge in [-0.3, -0.25) is 9.59 Å². The van der Waals surface area contributed by atoms with Crippen LogP contribution in [0.2, 0.25) is 0 Å². The highest BCUT2D eigenvalue weighted by Gasteiger charge is 2.57. The van der Waals surface area contributed by atoms with E-state index in [2.05, 4.69) is 5.32 Å². The predicted octanol–water partition coefficient (Wildman–Crippen LogP) is 2.89. The van der Waals surface area contributed by atoms with Crippen molar-refractivity contribution in [3.63, 3.8) is 0 Å². The van der Waals surface area contributed by atoms with Crippen LogP contribution in [0.5, 0.6) is 0 Å². The van der Waals surface area contributed by atoms with Crippen molar-refractivity contribution in [2.75, 3.05) is 14.2 Å². The number of methoxy groups -OCH3 is 1. The lowest BCUT2D eigenvalue weighted by molar-refractivity contribution is -0.144. The number of carbonyl (C=O) groups is 3. The highest BCUT2D eigenvalue weighted by molar-refractivity contribution is 6.31. The van der Waals surface area contributed by atoms with Gasteiger partial charge in [0.25, 0.3) is 0 Å². The summed E-state index contributed by atoms with van der Waals surface area (Å²) in [4.78, 5) is 39.0. The molecule has 7 nitrogen and oxygen atoms in total. The molecule has 0 saturated heterocycles. The third-order valence-corrected chi connectivity index (χ3v) is 5.50. The second-order valence-corrected chi connectivity index (χ2v) is 8.71. The minimum absolute atomic E-state index is 0.282. The number of benzene rings is 1. The average molecular weight is 425 g/mol. The first-order chi connectivity index (χ1) is 13.5. The molecular weight excluding hydrogens is 396 g/mol. The number of alkyl halides is 1. The topological polar surface area (TPSA) is 84.9 Å². The molecule has 0 spiro atoms. The Morgan fingerprint density at radius 1 is 1.21 bits per heavy atom. The zero-order valence-electron chi connectivity index (χ0n) is 17.5. The summed E-state index contributed by atoms with van der Waals surface area (Å²) in [7, 11) is 2.86. The zero-order chi connectivity index (χ0) is 21.8. The minimum atomic E-state index is -0.972. The van der Waals surface area contributed by atoms with Crippen LogP contribution in [-0.2, 0) is 25.5 Å². The van der Waals surface area contributed by atoms with Gasteiger partial charge in [-0.2, -0.15) is 0 Å². The van der Waals surface area contributed by atoms with E-state index in [-0.39, 0.29) is 12.3 Å². The van der Waals surface area contributed by atoms with Crippen LogP contribution in [0, 0.1) is 0 Å². The quantitative estimate of drug-likeness (QED) is 0.537. The molecule has 1 aromatic carbocycles. The van der Waals surface area contributed by atoms with Gasteiger partial charge in [0.05, 0.1) is 12.6 Å². The van der Waals surface area contributed by atoms with E-state index < -0.39 is 34.6 Å². The van der Waals surface area contributed by atoms with Gasteiger partial charge in [-0.25, -0.2) is 4.79 Å². The van der Waals surface area contributed by atoms with Gasteiger partial charge in [0.1, 0.15) is 11.6 Å². The summed E-state index contributed by atoms with van der Waals surface area (Å²) in [6, 6.07) is 8.49. The minimum Gasteiger partial charge on any atom is -0.468 e. The van der Waals surface area contributed by atoms with Gasteiger partial charge >= 0.3 is 12.1 Å². The number of carbonyl (C=O) groups excluding carboxylic acids is 3. The summed E-state index contributed by atoms with van der Waals surface area (Å²) in [5, 5.41) is 1.70. The smallest absolute Gasteiger partial charge is 0.408 e. The number of rotatable bonds is 7. The molecule has 29 heavy (non-hydrogen) atoms. The Morgan fingerprint density at radius 3 is 2.28 bits per heavy atom. The largest absolute Gasteiger partial charge is 0.468 e. The first-order valence-electron chi connectivity index (χ1n) is 9.53. The molecular formula is C21H29ClN2O5. The summed E-state index contributed by atoms with van der Waals surface area (Å²) in [5.74, 6) is -0.921. The number of hydrogen-bond acceptors (Lipinski definition) is 5. The van der Waals surface area contributed by atoms with E-state index in [1.165, 1.54) is 12.0 Å². The second-order valence-electron chi connectivity index (χ2n) is 8.28. The molecule has 0 bridgehead atoms. The summed E-state index contributed by atoms with van der Waals surface area (Å²) >= 11 is 6.30. The summed E-state index contributed by atoms with van der Waals surface area (Å²) < 4.78 is 10.1. The standard InChI is InChI=1S/C21H29ClN2O5/c1-20(2,3)29-19(27)23-15(13-14-9-7-6-8-10-14)17(25)24(4)21(11-12-21)16(22)18(26)28-5/h6-10,15-16H,11-13H2,1-5H3,(H,23,27)/t15-,16?/m0/s1. The number of amides is 2. The van der Waals surface area contributed by atoms with E-state index in [9.17, 15) is 14.4 Å². The van der Waals surface area contributed by atoms with Crippen molar-refractivity contribution in [1.29, 1.82) is 0 Å². The molecule has 0 heterocycles. The first-order valence-corrected chi connectivity index (χ1v) is 9.97. The highest BCUT2D eigenvalue weighted by atomic mass is 35.5. The molecule has 1 aliphatic carbocycles. The van der Waals surface area contributed by atoms with E-state index in [4.69, 9.17) is 21.1 Å². The molecule has 0 aromatic heterocycles. The Morgan fingerprint density at radius 2 is 1.79 bits per heavy atom. The average Bonchev–Trinajstić information content (AvgIpc) is 3.46.